The molecule has 2 bridgehead atoms. The number of carbonyl (C=O) groups is 14. The van der Waals surface area contributed by atoms with Crippen LogP contribution in [0.5, 0.6) is 5.75 Å². The molecule has 20 N–H and O–H groups in total. The number of aliphatic hydroxyl groups excluding tert-OH is 1. The zero-order valence-corrected chi connectivity index (χ0v) is 54.0. The average Bonchev–Trinajstić information content (AvgIpc) is 2.14. The van der Waals surface area contributed by atoms with Gasteiger partial charge < -0.3 is 96.1 Å². The molecule has 14 amide bonds. The number of phenolic OH excluding ortho intramolecular Hbond substituents is 1. The fourth-order valence-electron chi connectivity index (χ4n) is 9.95. The van der Waals surface area contributed by atoms with Crippen LogP contribution in [0.4, 0.5) is 0 Å². The lowest BCUT2D eigenvalue weighted by atomic mass is 9.99. The number of aliphatic hydroxyl groups is 1. The highest BCUT2D eigenvalue weighted by Gasteiger charge is 2.42. The Labute approximate surface area is 541 Å². The van der Waals surface area contributed by atoms with Crippen molar-refractivity contribution in [3.63, 3.8) is 0 Å². The van der Waals surface area contributed by atoms with Crippen LogP contribution >= 0.6 is 43.2 Å². The molecule has 4 fully saturated rings. The minimum absolute atomic E-state index is 0.00425. The number of fused-ring (bicyclic) bond motifs is 7. The van der Waals surface area contributed by atoms with Gasteiger partial charge in [0.05, 0.1) is 25.6 Å². The van der Waals surface area contributed by atoms with Gasteiger partial charge in [-0.25, -0.2) is 0 Å². The normalized spacial score (nSPS) is 28.0. The Morgan fingerprint density at radius 1 is 0.648 bits per heavy atom. The van der Waals surface area contributed by atoms with Gasteiger partial charge in [-0.05, 0) is 82.0 Å². The van der Waals surface area contributed by atoms with E-state index in [-0.39, 0.29) is 80.0 Å². The lowest BCUT2D eigenvalue weighted by molar-refractivity contribution is -0.143. The van der Waals surface area contributed by atoms with Gasteiger partial charge in [-0.3, -0.25) is 67.1 Å². The molecule has 0 aromatic heterocycles. The van der Waals surface area contributed by atoms with Crippen LogP contribution in [0.15, 0.2) is 24.3 Å². The fraction of sp³-hybridized carbons (Fsp3) is 0.636. The Bertz CT molecular complexity index is 2810. The van der Waals surface area contributed by atoms with Crippen molar-refractivity contribution in [2.45, 2.75) is 157 Å². The predicted octanol–water partition coefficient (Wildman–Crippen LogP) is -5.94. The standard InChI is InChI=1S/C55H84N16O16S4/c1-4-27(2)43(58)54(86)69-38-26-90-88-23-35(44(59)76)66-49(81)34(22-72)65-48(80)32(19-29-12-14-30(73)15-13-29)63-47(79)31(9-5-6-16-56)62-53(85)39-10-7-17-70(39)42(75)21-60-46(78)36-24-89-91-25-37(68-51(38)83)50(82)64-33(20-41(57)74)55(87)71-18-8-11-40(71)52(84)61-28(3)45(77)67-36/h12-15,27-28,31-40,43,72-73H,4-11,16-26,56,58H2,1-3H3,(H2,57,74)(H2,59,76)(H,60,78)(H,61,84)(H,62,85)(H,63,79)(H,64,82)(H,65,80)(H,66,81)(H,67,77)(H,68,83)(H,69,86)/t27-,28-,31-,32?,33-,34-,35-,36-,37-,38-,39-,40-,43-/m0/s1. The average molecular weight is 1350 g/mol. The number of hydrogen-bond donors (Lipinski definition) is 16. The van der Waals surface area contributed by atoms with Gasteiger partial charge in [-0.15, -0.1) is 0 Å². The van der Waals surface area contributed by atoms with Crippen molar-refractivity contribution in [3.8, 4) is 5.75 Å². The van der Waals surface area contributed by atoms with Crippen molar-refractivity contribution in [3.05, 3.63) is 29.8 Å². The molecule has 0 spiro atoms. The highest BCUT2D eigenvalue weighted by atomic mass is 33.1. The summed E-state index contributed by atoms with van der Waals surface area (Å²) in [5.74, 6) is -14.6. The summed E-state index contributed by atoms with van der Waals surface area (Å²) < 4.78 is 0. The van der Waals surface area contributed by atoms with E-state index in [0.717, 1.165) is 48.1 Å². The van der Waals surface area contributed by atoms with Crippen LogP contribution in [0.25, 0.3) is 0 Å². The summed E-state index contributed by atoms with van der Waals surface area (Å²) in [5.41, 5.74) is 23.8. The van der Waals surface area contributed by atoms with E-state index in [2.05, 4.69) is 53.2 Å². The molecule has 1 aromatic carbocycles. The summed E-state index contributed by atoms with van der Waals surface area (Å²) in [6.07, 6.45) is 1.01. The van der Waals surface area contributed by atoms with Crippen LogP contribution in [0.2, 0.25) is 0 Å². The minimum Gasteiger partial charge on any atom is -0.508 e. The lowest BCUT2D eigenvalue weighted by Gasteiger charge is -2.30. The van der Waals surface area contributed by atoms with E-state index in [9.17, 15) is 77.3 Å². The molecule has 13 atom stereocenters. The zero-order valence-electron chi connectivity index (χ0n) is 50.7. The molecule has 504 valence electrons. The van der Waals surface area contributed by atoms with Gasteiger partial charge in [0.1, 0.15) is 72.2 Å². The van der Waals surface area contributed by atoms with Gasteiger partial charge >= 0.3 is 0 Å². The third-order valence-corrected chi connectivity index (χ3v) is 20.4. The SMILES string of the molecule is CC[C@H](C)[C@H](N)C(=O)N[C@H]1CSSC[C@@H](C(N)=O)NC(=O)[C@H](CO)NC(=O)C(Cc2ccc(O)cc2)NC(=O)[C@H](CCCCN)NC(=O)[C@@H]2CCCN2C(=O)CNC(=O)[C@@H]2CSSC[C@H](NC1=O)C(=O)N[C@@H](CC(N)=O)C(=O)N1CCC[C@H]1C(=O)N[C@@H](C)C(=O)N2. The number of nitrogens with one attached hydrogen (secondary N) is 10. The van der Waals surface area contributed by atoms with Gasteiger partial charge in [0.15, 0.2) is 0 Å². The first-order valence-corrected chi connectivity index (χ1v) is 34.8. The Balaban J connectivity index is 1.56. The second kappa shape index (κ2) is 36.8. The molecular formula is C55H84N16O16S4. The van der Waals surface area contributed by atoms with Crippen molar-refractivity contribution >= 4 is 126 Å². The maximum Gasteiger partial charge on any atom is 0.246 e. The zero-order chi connectivity index (χ0) is 67.1. The maximum atomic E-state index is 14.6. The van der Waals surface area contributed by atoms with Crippen molar-refractivity contribution < 1.29 is 77.3 Å². The second-order valence-electron chi connectivity index (χ2n) is 22.3. The summed E-state index contributed by atoms with van der Waals surface area (Å²) in [5, 5.41) is 46.0. The summed E-state index contributed by atoms with van der Waals surface area (Å²) in [4.78, 5) is 197. The third-order valence-electron chi connectivity index (χ3n) is 15.5. The number of hydrogen-bond acceptors (Lipinski definition) is 22. The van der Waals surface area contributed by atoms with Gasteiger partial charge in [-0.2, -0.15) is 0 Å². The molecule has 0 saturated carbocycles. The van der Waals surface area contributed by atoms with Crippen molar-refractivity contribution in [1.82, 2.24) is 63.0 Å². The van der Waals surface area contributed by atoms with Crippen molar-refractivity contribution in [2.75, 3.05) is 55.8 Å². The number of rotatable bonds is 14. The summed E-state index contributed by atoms with van der Waals surface area (Å²) in [7, 11) is 3.60. The number of unbranched alkanes of at least 4 members (excludes halogenated alkanes) is 1. The van der Waals surface area contributed by atoms with E-state index in [1.165, 1.54) is 36.1 Å². The molecule has 1 unspecified atom stereocenters. The molecule has 4 heterocycles. The smallest absolute Gasteiger partial charge is 0.246 e. The number of aromatic hydroxyl groups is 1. The molecule has 32 nitrogen and oxygen atoms in total. The molecule has 5 rings (SSSR count). The first-order valence-electron chi connectivity index (χ1n) is 29.8. The first-order chi connectivity index (χ1) is 43.3. The van der Waals surface area contributed by atoms with Crippen LogP contribution < -0.4 is 76.1 Å². The number of nitrogens with two attached hydrogens (primary N) is 4. The van der Waals surface area contributed by atoms with Crippen LogP contribution in [0.1, 0.15) is 84.1 Å². The molecule has 0 radical (unpaired) electrons. The highest BCUT2D eigenvalue weighted by Crippen LogP contribution is 2.27. The van der Waals surface area contributed by atoms with Crippen LogP contribution in [-0.4, -0.2) is 231 Å². The number of benzene rings is 1. The topological polar surface area (TPSA) is 510 Å². The minimum atomic E-state index is -1.77. The van der Waals surface area contributed by atoms with Crippen LogP contribution in [-0.2, 0) is 73.5 Å². The Morgan fingerprint density at radius 3 is 1.82 bits per heavy atom. The largest absolute Gasteiger partial charge is 0.508 e. The number of primary amides is 2. The number of carbonyl (C=O) groups excluding carboxylic acids is 14. The van der Waals surface area contributed by atoms with E-state index in [0.29, 0.717) is 37.7 Å². The molecule has 4 aliphatic heterocycles. The lowest BCUT2D eigenvalue weighted by Crippen LogP contribution is -2.60. The van der Waals surface area contributed by atoms with Gasteiger partial charge in [-0.1, -0.05) is 75.6 Å². The van der Waals surface area contributed by atoms with E-state index in [1.54, 1.807) is 13.8 Å². The van der Waals surface area contributed by atoms with Crippen LogP contribution in [0, 0.1) is 5.92 Å². The molecular weight excluding hydrogens is 1270 g/mol. The van der Waals surface area contributed by atoms with Crippen molar-refractivity contribution in [2.24, 2.45) is 28.9 Å². The Kier molecular flexibility index (Phi) is 30.2. The first kappa shape index (κ1) is 74.6. The second-order valence-corrected chi connectivity index (χ2v) is 27.4. The molecule has 4 aliphatic rings. The third kappa shape index (κ3) is 22.6. The van der Waals surface area contributed by atoms with Gasteiger partial charge in [0.25, 0.3) is 0 Å². The van der Waals surface area contributed by atoms with E-state index >= 15 is 0 Å². The highest BCUT2D eigenvalue weighted by molar-refractivity contribution is 8.77. The van der Waals surface area contributed by atoms with Crippen molar-refractivity contribution in [1.29, 1.82) is 0 Å². The number of nitrogens with zero attached hydrogens (tertiary/aromatic N) is 2. The monoisotopic (exact) mass is 1350 g/mol. The molecule has 0 aliphatic carbocycles. The van der Waals surface area contributed by atoms with Gasteiger partial charge in [0, 0.05) is 42.5 Å². The summed E-state index contributed by atoms with van der Waals surface area (Å²) >= 11 is 0. The Morgan fingerprint density at radius 2 is 1.20 bits per heavy atom. The van der Waals surface area contributed by atoms with E-state index < -0.39 is 175 Å². The molecule has 1 aromatic rings. The summed E-state index contributed by atoms with van der Waals surface area (Å²) in [6, 6.07) is -11.7. The van der Waals surface area contributed by atoms with Gasteiger partial charge in [0.2, 0.25) is 82.7 Å². The van der Waals surface area contributed by atoms with Crippen LogP contribution in [0.3, 0.4) is 0 Å². The fourth-order valence-corrected chi connectivity index (χ4v) is 14.6. The maximum absolute atomic E-state index is 14.6. The number of amides is 14. The Hall–Kier alpha value is -7.12. The number of phenols is 1. The predicted molar refractivity (Wildman–Crippen MR) is 338 cm³/mol. The van der Waals surface area contributed by atoms with E-state index in [1.807, 2.05) is 0 Å². The molecule has 4 saturated heterocycles. The summed E-state index contributed by atoms with van der Waals surface area (Å²) in [6.45, 7) is 3.33. The molecule has 36 heteroatoms. The molecule has 91 heavy (non-hydrogen) atoms. The quantitative estimate of drug-likeness (QED) is 0.0609. The van der Waals surface area contributed by atoms with E-state index in [4.69, 9.17) is 22.9 Å².